The Morgan fingerprint density at radius 2 is 2.05 bits per heavy atom. The lowest BCUT2D eigenvalue weighted by Crippen LogP contribution is -2.25. The minimum atomic E-state index is -0.400. The van der Waals surface area contributed by atoms with Crippen LogP contribution >= 0.6 is 11.8 Å². The number of nitrogens with zero attached hydrogens (tertiary/aromatic N) is 2. The van der Waals surface area contributed by atoms with E-state index >= 15 is 0 Å². The molecule has 0 bridgehead atoms. The number of aromatic nitrogens is 2. The molecule has 1 aromatic carbocycles. The number of carbonyl (C=O) groups excluding carboxylic acids is 2. The smallest absolute Gasteiger partial charge is 0.307 e. The Hall–Kier alpha value is -2.15. The van der Waals surface area contributed by atoms with Gasteiger partial charge in [0, 0.05) is 6.54 Å². The molecule has 1 aromatic heterocycles. The van der Waals surface area contributed by atoms with Crippen LogP contribution in [-0.2, 0) is 20.9 Å². The van der Waals surface area contributed by atoms with Gasteiger partial charge in [0.2, 0.25) is 0 Å². The van der Waals surface area contributed by atoms with Crippen LogP contribution in [0.2, 0.25) is 0 Å². The second kappa shape index (κ2) is 7.22. The minimum Gasteiger partial charge on any atom is -0.469 e. The number of carbonyl (C=O) groups is 2. The largest absolute Gasteiger partial charge is 0.469 e. The quantitative estimate of drug-likeness (QED) is 0.457. The van der Waals surface area contributed by atoms with Crippen molar-refractivity contribution in [3.8, 4) is 0 Å². The van der Waals surface area contributed by atoms with Gasteiger partial charge in [0.1, 0.15) is 5.78 Å². The molecule has 7 heteroatoms. The molecule has 2 aromatic rings. The number of hydrogen-bond acceptors (Lipinski definition) is 6. The van der Waals surface area contributed by atoms with Crippen LogP contribution in [0.15, 0.2) is 34.2 Å². The van der Waals surface area contributed by atoms with Crippen LogP contribution in [-0.4, -0.2) is 34.2 Å². The van der Waals surface area contributed by atoms with E-state index in [1.165, 1.54) is 30.4 Å². The van der Waals surface area contributed by atoms with Crippen LogP contribution in [0.5, 0.6) is 0 Å². The van der Waals surface area contributed by atoms with Crippen molar-refractivity contribution < 1.29 is 14.3 Å². The zero-order chi connectivity index (χ0) is 16.1. The molecular weight excluding hydrogens is 304 g/mol. The van der Waals surface area contributed by atoms with Crippen LogP contribution in [0.3, 0.4) is 0 Å². The minimum absolute atomic E-state index is 0.00748. The van der Waals surface area contributed by atoms with Gasteiger partial charge in [0.05, 0.1) is 30.2 Å². The molecule has 0 fully saturated rings. The Labute approximate surface area is 131 Å². The summed E-state index contributed by atoms with van der Waals surface area (Å²) in [5.41, 5.74) is 0.355. The summed E-state index contributed by atoms with van der Waals surface area (Å²) in [7, 11) is 1.30. The topological polar surface area (TPSA) is 78.3 Å². The Balaban J connectivity index is 2.45. The molecule has 0 aliphatic heterocycles. The molecular formula is C15H16N2O4S. The first kappa shape index (κ1) is 16.2. The summed E-state index contributed by atoms with van der Waals surface area (Å²) >= 11 is 1.19. The predicted molar refractivity (Wildman–Crippen MR) is 84.0 cm³/mol. The van der Waals surface area contributed by atoms with Crippen molar-refractivity contribution in [1.29, 1.82) is 0 Å². The van der Waals surface area contributed by atoms with Crippen LogP contribution in [0.1, 0.15) is 13.3 Å². The number of esters is 1. The second-order valence-corrected chi connectivity index (χ2v) is 5.63. The van der Waals surface area contributed by atoms with E-state index in [2.05, 4.69) is 9.72 Å². The molecule has 22 heavy (non-hydrogen) atoms. The van der Waals surface area contributed by atoms with Gasteiger partial charge in [-0.2, -0.15) is 0 Å². The first-order valence-electron chi connectivity index (χ1n) is 6.71. The number of methoxy groups -OCH3 is 1. The Morgan fingerprint density at radius 3 is 2.73 bits per heavy atom. The third kappa shape index (κ3) is 3.73. The van der Waals surface area contributed by atoms with Gasteiger partial charge >= 0.3 is 5.97 Å². The summed E-state index contributed by atoms with van der Waals surface area (Å²) in [5, 5.41) is 0.919. The van der Waals surface area contributed by atoms with Crippen LogP contribution in [0, 0.1) is 0 Å². The van der Waals surface area contributed by atoms with Crippen molar-refractivity contribution >= 4 is 34.4 Å². The summed E-state index contributed by atoms with van der Waals surface area (Å²) in [6.45, 7) is 1.65. The van der Waals surface area contributed by atoms with Gasteiger partial charge in [-0.25, -0.2) is 4.98 Å². The summed E-state index contributed by atoms with van der Waals surface area (Å²) in [6.07, 6.45) is 0.0735. The summed E-state index contributed by atoms with van der Waals surface area (Å²) in [4.78, 5) is 39.5. The highest BCUT2D eigenvalue weighted by Gasteiger charge is 2.13. The molecule has 0 aliphatic carbocycles. The van der Waals surface area contributed by atoms with Crippen molar-refractivity contribution in [2.45, 2.75) is 25.0 Å². The first-order chi connectivity index (χ1) is 10.5. The lowest BCUT2D eigenvalue weighted by molar-refractivity contribution is -0.140. The Bertz CT molecular complexity index is 770. The third-order valence-electron chi connectivity index (χ3n) is 3.00. The van der Waals surface area contributed by atoms with E-state index in [0.29, 0.717) is 16.1 Å². The number of hydrogen-bond donors (Lipinski definition) is 0. The first-order valence-corrected chi connectivity index (χ1v) is 7.70. The van der Waals surface area contributed by atoms with E-state index < -0.39 is 5.97 Å². The normalized spacial score (nSPS) is 10.6. The average Bonchev–Trinajstić information content (AvgIpc) is 2.51. The van der Waals surface area contributed by atoms with E-state index in [0.717, 1.165) is 0 Å². The van der Waals surface area contributed by atoms with Crippen molar-refractivity contribution in [3.05, 3.63) is 34.6 Å². The number of thioether (sulfide) groups is 1. The molecule has 0 saturated carbocycles. The molecule has 0 N–H and O–H groups in total. The Morgan fingerprint density at radius 1 is 1.32 bits per heavy atom. The van der Waals surface area contributed by atoms with E-state index in [9.17, 15) is 14.4 Å². The number of fused-ring (bicyclic) bond motifs is 1. The van der Waals surface area contributed by atoms with Gasteiger partial charge in [-0.3, -0.25) is 19.0 Å². The average molecular weight is 320 g/mol. The van der Waals surface area contributed by atoms with Crippen molar-refractivity contribution in [2.75, 3.05) is 12.9 Å². The van der Waals surface area contributed by atoms with E-state index in [1.54, 1.807) is 24.3 Å². The summed E-state index contributed by atoms with van der Waals surface area (Å²) in [6, 6.07) is 7.00. The number of para-hydroxylation sites is 1. The lowest BCUT2D eigenvalue weighted by Gasteiger charge is -2.12. The van der Waals surface area contributed by atoms with Gasteiger partial charge in [0.15, 0.2) is 5.16 Å². The second-order valence-electron chi connectivity index (χ2n) is 4.69. The number of Topliss-reactive ketones (excluding diaryl/α,β-unsaturated/α-hetero) is 1. The summed E-state index contributed by atoms with van der Waals surface area (Å²) in [5.74, 6) is -0.183. The Kier molecular flexibility index (Phi) is 5.32. The van der Waals surface area contributed by atoms with Crippen molar-refractivity contribution in [2.24, 2.45) is 0 Å². The molecule has 0 radical (unpaired) electrons. The molecule has 1 heterocycles. The van der Waals surface area contributed by atoms with E-state index in [4.69, 9.17) is 0 Å². The maximum Gasteiger partial charge on any atom is 0.307 e. The van der Waals surface area contributed by atoms with Crippen LogP contribution < -0.4 is 5.56 Å². The van der Waals surface area contributed by atoms with Crippen LogP contribution in [0.4, 0.5) is 0 Å². The monoisotopic (exact) mass is 320 g/mol. The van der Waals surface area contributed by atoms with Crippen LogP contribution in [0.25, 0.3) is 10.9 Å². The molecule has 6 nitrogen and oxygen atoms in total. The molecule has 0 spiro atoms. The fourth-order valence-electron chi connectivity index (χ4n) is 1.93. The molecule has 2 rings (SSSR count). The maximum atomic E-state index is 12.6. The molecule has 0 amide bonds. The lowest BCUT2D eigenvalue weighted by atomic mass is 10.2. The fraction of sp³-hybridized carbons (Fsp3) is 0.333. The third-order valence-corrected chi connectivity index (χ3v) is 4.12. The highest BCUT2D eigenvalue weighted by molar-refractivity contribution is 7.99. The maximum absolute atomic E-state index is 12.6. The molecule has 0 unspecified atom stereocenters. The van der Waals surface area contributed by atoms with Crippen molar-refractivity contribution in [3.63, 3.8) is 0 Å². The van der Waals surface area contributed by atoms with E-state index in [-0.39, 0.29) is 30.1 Å². The standard InChI is InChI=1S/C15H16N2O4S/c1-10(18)9-22-15-16-12-6-4-3-5-11(12)14(20)17(15)8-7-13(19)21-2/h3-6H,7-9H2,1-2H3. The number of benzene rings is 1. The number of rotatable bonds is 6. The predicted octanol–water partition coefficient (Wildman–Crippen LogP) is 1.64. The molecule has 116 valence electrons. The highest BCUT2D eigenvalue weighted by atomic mass is 32.2. The highest BCUT2D eigenvalue weighted by Crippen LogP contribution is 2.18. The van der Waals surface area contributed by atoms with Gasteiger partial charge in [-0.1, -0.05) is 23.9 Å². The van der Waals surface area contributed by atoms with E-state index in [1.807, 2.05) is 0 Å². The molecule has 0 aliphatic rings. The SMILES string of the molecule is COC(=O)CCn1c(SCC(C)=O)nc2ccccc2c1=O. The number of ether oxygens (including phenoxy) is 1. The van der Waals surface area contributed by atoms with Gasteiger partial charge in [-0.05, 0) is 19.1 Å². The summed E-state index contributed by atoms with van der Waals surface area (Å²) < 4.78 is 6.03. The van der Waals surface area contributed by atoms with Gasteiger partial charge < -0.3 is 4.74 Å². The zero-order valence-corrected chi connectivity index (χ0v) is 13.2. The zero-order valence-electron chi connectivity index (χ0n) is 12.4. The number of ketones is 1. The van der Waals surface area contributed by atoms with Gasteiger partial charge in [-0.15, -0.1) is 0 Å². The fourth-order valence-corrected chi connectivity index (χ4v) is 2.75. The molecule has 0 saturated heterocycles. The van der Waals surface area contributed by atoms with Crippen molar-refractivity contribution in [1.82, 2.24) is 9.55 Å². The molecule has 0 atom stereocenters. The van der Waals surface area contributed by atoms with Gasteiger partial charge in [0.25, 0.3) is 5.56 Å².